The zero-order valence-corrected chi connectivity index (χ0v) is 13.6. The number of hydrogen-bond acceptors (Lipinski definition) is 4. The van der Waals surface area contributed by atoms with Gasteiger partial charge in [-0.05, 0) is 54.1 Å². The fourth-order valence-electron chi connectivity index (χ4n) is 2.03. The number of halogens is 1. The summed E-state index contributed by atoms with van der Waals surface area (Å²) in [6.45, 7) is 9.11. The Morgan fingerprint density at radius 2 is 2.05 bits per heavy atom. The lowest BCUT2D eigenvalue weighted by Crippen LogP contribution is -2.27. The molecule has 1 rings (SSSR count). The Morgan fingerprint density at radius 1 is 1.35 bits per heavy atom. The van der Waals surface area contributed by atoms with Crippen LogP contribution in [0.5, 0.6) is 0 Å². The molecule has 0 heterocycles. The Bertz CT molecular complexity index is 436. The molecule has 1 aromatic carbocycles. The maximum Gasteiger partial charge on any atom is 0.283 e. The zero-order valence-electron chi connectivity index (χ0n) is 12.1. The van der Waals surface area contributed by atoms with Crippen LogP contribution < -0.4 is 5.32 Å². The first kappa shape index (κ1) is 17.1. The summed E-state index contributed by atoms with van der Waals surface area (Å²) < 4.78 is 0.571. The molecule has 0 aliphatic carbocycles. The predicted molar refractivity (Wildman–Crippen MR) is 84.9 cm³/mol. The molecule has 0 aliphatic rings. The van der Waals surface area contributed by atoms with Gasteiger partial charge in [-0.2, -0.15) is 0 Å². The van der Waals surface area contributed by atoms with Crippen LogP contribution in [-0.4, -0.2) is 36.0 Å². The van der Waals surface area contributed by atoms with Crippen LogP contribution in [0.4, 0.5) is 5.69 Å². The third-order valence-corrected chi connectivity index (χ3v) is 4.21. The molecule has 20 heavy (non-hydrogen) atoms. The number of nitrogens with zero attached hydrogens (tertiary/aromatic N) is 2. The van der Waals surface area contributed by atoms with Crippen LogP contribution in [0.2, 0.25) is 0 Å². The van der Waals surface area contributed by atoms with Gasteiger partial charge in [0.05, 0.1) is 9.40 Å². The fourth-order valence-corrected chi connectivity index (χ4v) is 2.58. The van der Waals surface area contributed by atoms with E-state index in [2.05, 4.69) is 40.0 Å². The minimum Gasteiger partial charge on any atom is -0.313 e. The molecule has 0 bridgehead atoms. The second-order valence-corrected chi connectivity index (χ2v) is 5.36. The molecule has 5 nitrogen and oxygen atoms in total. The summed E-state index contributed by atoms with van der Waals surface area (Å²) in [5, 5.41) is 14.2. The van der Waals surface area contributed by atoms with Gasteiger partial charge in [0.1, 0.15) is 0 Å². The average Bonchev–Trinajstić information content (AvgIpc) is 2.44. The number of nitrogens with one attached hydrogen (secondary N) is 1. The van der Waals surface area contributed by atoms with Crippen LogP contribution in [0.3, 0.4) is 0 Å². The Morgan fingerprint density at radius 3 is 2.65 bits per heavy atom. The number of nitro benzene ring substituents is 1. The second-order valence-electron chi connectivity index (χ2n) is 4.56. The van der Waals surface area contributed by atoms with Crippen molar-refractivity contribution in [2.24, 2.45) is 0 Å². The van der Waals surface area contributed by atoms with Gasteiger partial charge in [0.15, 0.2) is 0 Å². The van der Waals surface area contributed by atoms with Crippen molar-refractivity contribution < 1.29 is 4.92 Å². The van der Waals surface area contributed by atoms with E-state index >= 15 is 0 Å². The number of rotatable bonds is 9. The zero-order chi connectivity index (χ0) is 15.0. The van der Waals surface area contributed by atoms with Crippen molar-refractivity contribution in [2.45, 2.75) is 26.8 Å². The Balaban J connectivity index is 2.39. The molecule has 0 amide bonds. The summed E-state index contributed by atoms with van der Waals surface area (Å²) >= 11 is 3.31. The monoisotopic (exact) mass is 343 g/mol. The molecular weight excluding hydrogens is 322 g/mol. The van der Waals surface area contributed by atoms with Gasteiger partial charge >= 0.3 is 0 Å². The summed E-state index contributed by atoms with van der Waals surface area (Å²) in [6, 6.07) is 5.12. The van der Waals surface area contributed by atoms with Crippen LogP contribution in [-0.2, 0) is 6.54 Å². The lowest BCUT2D eigenvalue weighted by atomic mass is 10.2. The minimum absolute atomic E-state index is 0.118. The molecule has 0 saturated heterocycles. The summed E-state index contributed by atoms with van der Waals surface area (Å²) in [4.78, 5) is 12.9. The highest BCUT2D eigenvalue weighted by Gasteiger charge is 2.14. The SMILES string of the molecule is CCN(CC)CCCNCc1cccc([N+](=O)[O-])c1Br. The van der Waals surface area contributed by atoms with Gasteiger partial charge in [0.25, 0.3) is 5.69 Å². The van der Waals surface area contributed by atoms with Crippen molar-refractivity contribution in [2.75, 3.05) is 26.2 Å². The van der Waals surface area contributed by atoms with Crippen molar-refractivity contribution >= 4 is 21.6 Å². The Hall–Kier alpha value is -0.980. The normalized spacial score (nSPS) is 11.0. The maximum atomic E-state index is 10.8. The quantitative estimate of drug-likeness (QED) is 0.425. The third kappa shape index (κ3) is 5.19. The van der Waals surface area contributed by atoms with E-state index in [0.29, 0.717) is 11.0 Å². The number of nitro groups is 1. The van der Waals surface area contributed by atoms with Crippen LogP contribution >= 0.6 is 15.9 Å². The van der Waals surface area contributed by atoms with Gasteiger partial charge in [-0.1, -0.05) is 26.0 Å². The molecule has 0 aromatic heterocycles. The lowest BCUT2D eigenvalue weighted by Gasteiger charge is -2.17. The van der Waals surface area contributed by atoms with Gasteiger partial charge < -0.3 is 10.2 Å². The first-order chi connectivity index (χ1) is 9.60. The molecular formula is C14H22BrN3O2. The van der Waals surface area contributed by atoms with E-state index in [9.17, 15) is 10.1 Å². The van der Waals surface area contributed by atoms with Gasteiger partial charge in [0.2, 0.25) is 0 Å². The second kappa shape index (κ2) is 9.05. The highest BCUT2D eigenvalue weighted by Crippen LogP contribution is 2.27. The minimum atomic E-state index is -0.367. The molecule has 0 spiro atoms. The summed E-state index contributed by atoms with van der Waals surface area (Å²) in [5.41, 5.74) is 1.04. The Kier molecular flexibility index (Phi) is 7.72. The van der Waals surface area contributed by atoms with E-state index in [-0.39, 0.29) is 10.6 Å². The van der Waals surface area contributed by atoms with E-state index in [4.69, 9.17) is 0 Å². The topological polar surface area (TPSA) is 58.4 Å². The smallest absolute Gasteiger partial charge is 0.283 e. The molecule has 0 aliphatic heterocycles. The molecule has 0 saturated carbocycles. The van der Waals surface area contributed by atoms with E-state index in [1.165, 1.54) is 6.07 Å². The average molecular weight is 344 g/mol. The van der Waals surface area contributed by atoms with Gasteiger partial charge in [-0.15, -0.1) is 0 Å². The van der Waals surface area contributed by atoms with E-state index < -0.39 is 0 Å². The Labute approximate surface area is 128 Å². The first-order valence-electron chi connectivity index (χ1n) is 6.95. The predicted octanol–water partition coefficient (Wildman–Crippen LogP) is 3.18. The third-order valence-electron chi connectivity index (χ3n) is 3.29. The molecule has 112 valence electrons. The summed E-state index contributed by atoms with van der Waals surface area (Å²) in [6.07, 6.45) is 1.08. The molecule has 0 radical (unpaired) electrons. The van der Waals surface area contributed by atoms with Crippen molar-refractivity contribution in [3.05, 3.63) is 38.3 Å². The number of hydrogen-bond donors (Lipinski definition) is 1. The summed E-state index contributed by atoms with van der Waals surface area (Å²) in [5.74, 6) is 0. The van der Waals surface area contributed by atoms with Crippen molar-refractivity contribution in [1.29, 1.82) is 0 Å². The van der Waals surface area contributed by atoms with Crippen LogP contribution in [0.15, 0.2) is 22.7 Å². The maximum absolute atomic E-state index is 10.8. The van der Waals surface area contributed by atoms with Crippen LogP contribution in [0.25, 0.3) is 0 Å². The molecule has 6 heteroatoms. The standard InChI is InChI=1S/C14H22BrN3O2/c1-3-17(4-2)10-6-9-16-11-12-7-5-8-13(14(12)15)18(19)20/h5,7-8,16H,3-4,6,9-11H2,1-2H3. The molecule has 0 unspecified atom stereocenters. The van der Waals surface area contributed by atoms with E-state index in [1.54, 1.807) is 6.07 Å². The summed E-state index contributed by atoms with van der Waals surface area (Å²) in [7, 11) is 0. The van der Waals surface area contributed by atoms with E-state index in [0.717, 1.165) is 38.2 Å². The first-order valence-corrected chi connectivity index (χ1v) is 7.74. The lowest BCUT2D eigenvalue weighted by molar-refractivity contribution is -0.385. The molecule has 1 aromatic rings. The fraction of sp³-hybridized carbons (Fsp3) is 0.571. The molecule has 0 atom stereocenters. The molecule has 0 fully saturated rings. The van der Waals surface area contributed by atoms with Crippen molar-refractivity contribution in [3.8, 4) is 0 Å². The van der Waals surface area contributed by atoms with Crippen molar-refractivity contribution in [1.82, 2.24) is 10.2 Å². The highest BCUT2D eigenvalue weighted by molar-refractivity contribution is 9.10. The highest BCUT2D eigenvalue weighted by atomic mass is 79.9. The van der Waals surface area contributed by atoms with E-state index in [1.807, 2.05) is 6.07 Å². The number of benzene rings is 1. The van der Waals surface area contributed by atoms with Crippen LogP contribution in [0, 0.1) is 10.1 Å². The van der Waals surface area contributed by atoms with Gasteiger partial charge in [-0.25, -0.2) is 0 Å². The molecule has 1 N–H and O–H groups in total. The van der Waals surface area contributed by atoms with Crippen molar-refractivity contribution in [3.63, 3.8) is 0 Å². The van der Waals surface area contributed by atoms with Gasteiger partial charge in [-0.3, -0.25) is 10.1 Å². The van der Waals surface area contributed by atoms with Gasteiger partial charge in [0, 0.05) is 12.6 Å². The largest absolute Gasteiger partial charge is 0.313 e. The van der Waals surface area contributed by atoms with Crippen LogP contribution in [0.1, 0.15) is 25.8 Å².